The van der Waals surface area contributed by atoms with Crippen LogP contribution in [0.5, 0.6) is 0 Å². The van der Waals surface area contributed by atoms with Crippen molar-refractivity contribution < 1.29 is 9.53 Å². The van der Waals surface area contributed by atoms with Gasteiger partial charge in [-0.2, -0.15) is 0 Å². The molecule has 4 heteroatoms. The third-order valence-corrected chi connectivity index (χ3v) is 3.48. The predicted molar refractivity (Wildman–Crippen MR) is 80.5 cm³/mol. The van der Waals surface area contributed by atoms with Crippen LogP contribution in [-0.2, 0) is 23.0 Å². The average molecular weight is 280 g/mol. The zero-order chi connectivity index (χ0) is 14.6. The second kappa shape index (κ2) is 10.5. The molecule has 1 heterocycles. The van der Waals surface area contributed by atoms with Gasteiger partial charge in [-0.15, -0.1) is 0 Å². The maximum atomic E-state index is 11.6. The lowest BCUT2D eigenvalue weighted by Gasteiger charge is -2.05. The summed E-state index contributed by atoms with van der Waals surface area (Å²) in [6.07, 6.45) is 13.8. The Morgan fingerprint density at radius 2 is 1.80 bits per heavy atom. The van der Waals surface area contributed by atoms with Gasteiger partial charge >= 0.3 is 5.97 Å². The Morgan fingerprint density at radius 1 is 1.15 bits per heavy atom. The van der Waals surface area contributed by atoms with Gasteiger partial charge < -0.3 is 9.30 Å². The molecule has 0 bridgehead atoms. The fourth-order valence-electron chi connectivity index (χ4n) is 2.17. The summed E-state index contributed by atoms with van der Waals surface area (Å²) >= 11 is 0. The molecule has 0 aliphatic carbocycles. The second-order valence-corrected chi connectivity index (χ2v) is 5.33. The molecular weight excluding hydrogens is 252 g/mol. The van der Waals surface area contributed by atoms with Crippen LogP contribution in [0.3, 0.4) is 0 Å². The summed E-state index contributed by atoms with van der Waals surface area (Å²) in [4.78, 5) is 15.7. The lowest BCUT2D eigenvalue weighted by molar-refractivity contribution is -0.143. The molecular formula is C16H28N2O2. The van der Waals surface area contributed by atoms with Crippen LogP contribution in [0.15, 0.2) is 12.4 Å². The van der Waals surface area contributed by atoms with Crippen molar-refractivity contribution in [2.75, 3.05) is 6.61 Å². The molecule has 0 amide bonds. The Labute approximate surface area is 122 Å². The highest BCUT2D eigenvalue weighted by Crippen LogP contribution is 2.08. The van der Waals surface area contributed by atoms with Gasteiger partial charge in [0.25, 0.3) is 0 Å². The fourth-order valence-corrected chi connectivity index (χ4v) is 2.17. The van der Waals surface area contributed by atoms with Gasteiger partial charge in [0.15, 0.2) is 0 Å². The molecule has 0 unspecified atom stereocenters. The first-order valence-electron chi connectivity index (χ1n) is 7.86. The topological polar surface area (TPSA) is 44.1 Å². The molecule has 1 aromatic heterocycles. The van der Waals surface area contributed by atoms with Crippen LogP contribution in [0.25, 0.3) is 0 Å². The van der Waals surface area contributed by atoms with Gasteiger partial charge in [-0.25, -0.2) is 4.98 Å². The maximum Gasteiger partial charge on any atom is 0.313 e. The van der Waals surface area contributed by atoms with E-state index in [1.807, 2.05) is 17.8 Å². The number of rotatable bonds is 11. The van der Waals surface area contributed by atoms with Crippen molar-refractivity contribution in [1.82, 2.24) is 9.55 Å². The van der Waals surface area contributed by atoms with Crippen molar-refractivity contribution in [2.24, 2.45) is 7.05 Å². The zero-order valence-corrected chi connectivity index (χ0v) is 12.9. The largest absolute Gasteiger partial charge is 0.465 e. The second-order valence-electron chi connectivity index (χ2n) is 5.33. The third-order valence-electron chi connectivity index (χ3n) is 3.48. The number of unbranched alkanes of at least 4 members (excludes halogenated alkanes) is 7. The Balaban J connectivity index is 1.93. The smallest absolute Gasteiger partial charge is 0.313 e. The van der Waals surface area contributed by atoms with Crippen LogP contribution in [0.1, 0.15) is 64.1 Å². The van der Waals surface area contributed by atoms with Gasteiger partial charge in [0, 0.05) is 19.4 Å². The van der Waals surface area contributed by atoms with Crippen molar-refractivity contribution in [1.29, 1.82) is 0 Å². The molecule has 0 atom stereocenters. The predicted octanol–water partition coefficient (Wildman–Crippen LogP) is 3.65. The van der Waals surface area contributed by atoms with Gasteiger partial charge in [0.2, 0.25) is 0 Å². The van der Waals surface area contributed by atoms with Crippen molar-refractivity contribution in [3.8, 4) is 0 Å². The van der Waals surface area contributed by atoms with Crippen molar-refractivity contribution in [3.63, 3.8) is 0 Å². The van der Waals surface area contributed by atoms with Crippen molar-refractivity contribution in [3.05, 3.63) is 18.2 Å². The van der Waals surface area contributed by atoms with Crippen LogP contribution in [0.2, 0.25) is 0 Å². The summed E-state index contributed by atoms with van der Waals surface area (Å²) in [6, 6.07) is 0. The molecule has 0 saturated heterocycles. The summed E-state index contributed by atoms with van der Waals surface area (Å²) < 4.78 is 7.07. The summed E-state index contributed by atoms with van der Waals surface area (Å²) in [5.41, 5.74) is 0. The van der Waals surface area contributed by atoms with E-state index in [-0.39, 0.29) is 12.4 Å². The first-order valence-corrected chi connectivity index (χ1v) is 7.86. The van der Waals surface area contributed by atoms with Gasteiger partial charge in [0.05, 0.1) is 6.61 Å². The molecule has 0 N–H and O–H groups in total. The van der Waals surface area contributed by atoms with E-state index >= 15 is 0 Å². The molecule has 0 fully saturated rings. The molecule has 0 saturated carbocycles. The fraction of sp³-hybridized carbons (Fsp3) is 0.750. The molecule has 0 spiro atoms. The molecule has 20 heavy (non-hydrogen) atoms. The molecule has 1 aromatic rings. The first kappa shape index (κ1) is 16.7. The number of imidazole rings is 1. The number of hydrogen-bond donors (Lipinski definition) is 0. The SMILES string of the molecule is CCCCCCCCCCOC(=O)Cc1nccn1C. The minimum absolute atomic E-state index is 0.178. The van der Waals surface area contributed by atoms with Gasteiger partial charge in [-0.1, -0.05) is 51.9 Å². The van der Waals surface area contributed by atoms with Crippen LogP contribution in [0.4, 0.5) is 0 Å². The number of carbonyl (C=O) groups excluding carboxylic acids is 1. The Morgan fingerprint density at radius 3 is 2.40 bits per heavy atom. The van der Waals surface area contributed by atoms with E-state index in [9.17, 15) is 4.79 Å². The van der Waals surface area contributed by atoms with Crippen molar-refractivity contribution >= 4 is 5.97 Å². The number of carbonyl (C=O) groups is 1. The highest BCUT2D eigenvalue weighted by Gasteiger charge is 2.08. The summed E-state index contributed by atoms with van der Waals surface area (Å²) in [5, 5.41) is 0. The van der Waals surface area contributed by atoms with Crippen LogP contribution in [-0.4, -0.2) is 22.1 Å². The molecule has 0 aromatic carbocycles. The summed E-state index contributed by atoms with van der Waals surface area (Å²) in [5.74, 6) is 0.577. The molecule has 114 valence electrons. The number of aromatic nitrogens is 2. The highest BCUT2D eigenvalue weighted by molar-refractivity contribution is 5.71. The molecule has 4 nitrogen and oxygen atoms in total. The van der Waals surface area contributed by atoms with E-state index in [1.165, 1.54) is 38.5 Å². The molecule has 0 aliphatic heterocycles. The van der Waals surface area contributed by atoms with Crippen molar-refractivity contribution in [2.45, 2.75) is 64.7 Å². The van der Waals surface area contributed by atoms with E-state index in [1.54, 1.807) is 6.20 Å². The molecule has 0 aliphatic rings. The normalized spacial score (nSPS) is 10.7. The lowest BCUT2D eigenvalue weighted by atomic mass is 10.1. The average Bonchev–Trinajstić information content (AvgIpc) is 2.82. The minimum atomic E-state index is -0.178. The minimum Gasteiger partial charge on any atom is -0.465 e. The van der Waals surface area contributed by atoms with E-state index in [2.05, 4.69) is 11.9 Å². The number of esters is 1. The number of hydrogen-bond acceptors (Lipinski definition) is 3. The van der Waals surface area contributed by atoms with E-state index in [0.29, 0.717) is 6.61 Å². The molecule has 1 rings (SSSR count). The summed E-state index contributed by atoms with van der Waals surface area (Å²) in [6.45, 7) is 2.78. The van der Waals surface area contributed by atoms with Crippen LogP contribution in [0, 0.1) is 0 Å². The van der Waals surface area contributed by atoms with Gasteiger partial charge in [-0.3, -0.25) is 4.79 Å². The van der Waals surface area contributed by atoms with Gasteiger partial charge in [-0.05, 0) is 6.42 Å². The number of ether oxygens (including phenoxy) is 1. The Kier molecular flexibility index (Phi) is 8.76. The quantitative estimate of drug-likeness (QED) is 0.459. The standard InChI is InChI=1S/C16H28N2O2/c1-3-4-5-6-7-8-9-10-13-20-16(19)14-15-17-11-12-18(15)2/h11-12H,3-10,13-14H2,1-2H3. The van der Waals surface area contributed by atoms with E-state index in [0.717, 1.165) is 18.7 Å². The number of aryl methyl sites for hydroxylation is 1. The van der Waals surface area contributed by atoms with Gasteiger partial charge in [0.1, 0.15) is 12.2 Å². The van der Waals surface area contributed by atoms with Crippen LogP contribution < -0.4 is 0 Å². The first-order chi connectivity index (χ1) is 9.74. The zero-order valence-electron chi connectivity index (χ0n) is 12.9. The highest BCUT2D eigenvalue weighted by atomic mass is 16.5. The monoisotopic (exact) mass is 280 g/mol. The van der Waals surface area contributed by atoms with E-state index in [4.69, 9.17) is 4.74 Å². The third kappa shape index (κ3) is 7.31. The van der Waals surface area contributed by atoms with E-state index < -0.39 is 0 Å². The lowest BCUT2D eigenvalue weighted by Crippen LogP contribution is -2.12. The summed E-state index contributed by atoms with van der Waals surface area (Å²) in [7, 11) is 1.88. The molecule has 0 radical (unpaired) electrons. The Hall–Kier alpha value is -1.32. The maximum absolute atomic E-state index is 11.6. The Bertz CT molecular complexity index is 374. The van der Waals surface area contributed by atoms with Crippen LogP contribution >= 0.6 is 0 Å². The number of nitrogens with zero attached hydrogens (tertiary/aromatic N) is 2.